The van der Waals surface area contributed by atoms with Gasteiger partial charge in [0.05, 0.1) is 12.2 Å². The maximum atomic E-state index is 12.8. The Morgan fingerprint density at radius 2 is 1.87 bits per heavy atom. The minimum Gasteiger partial charge on any atom is -0.493 e. The molecule has 0 aliphatic carbocycles. The van der Waals surface area contributed by atoms with Gasteiger partial charge in [-0.25, -0.2) is 0 Å². The number of carbonyl (C=O) groups is 1. The van der Waals surface area contributed by atoms with Crippen LogP contribution in [0.15, 0.2) is 24.5 Å². The summed E-state index contributed by atoms with van der Waals surface area (Å²) in [6.45, 7) is 5.54. The molecule has 6 heteroatoms. The van der Waals surface area contributed by atoms with Crippen molar-refractivity contribution < 1.29 is 14.3 Å². The van der Waals surface area contributed by atoms with E-state index < -0.39 is 0 Å². The van der Waals surface area contributed by atoms with Crippen LogP contribution in [0, 0.1) is 11.8 Å². The molecule has 1 spiro atoms. The van der Waals surface area contributed by atoms with E-state index in [9.17, 15) is 4.79 Å². The number of nitrogens with zero attached hydrogens (tertiary/aromatic N) is 3. The Balaban J connectivity index is 1.19. The van der Waals surface area contributed by atoms with Gasteiger partial charge in [0.25, 0.3) is 0 Å². The van der Waals surface area contributed by atoms with Crippen molar-refractivity contribution in [3.8, 4) is 5.75 Å². The second kappa shape index (κ2) is 10.1. The van der Waals surface area contributed by atoms with E-state index in [-0.39, 0.29) is 5.60 Å². The molecule has 30 heavy (non-hydrogen) atoms. The van der Waals surface area contributed by atoms with Gasteiger partial charge < -0.3 is 19.3 Å². The lowest BCUT2D eigenvalue weighted by molar-refractivity contribution is -0.148. The summed E-state index contributed by atoms with van der Waals surface area (Å²) in [5, 5.41) is 0. The molecular weight excluding hydrogens is 378 g/mol. The highest BCUT2D eigenvalue weighted by molar-refractivity contribution is 5.76. The van der Waals surface area contributed by atoms with E-state index in [0.717, 1.165) is 96.5 Å². The molecule has 0 bridgehead atoms. The first-order valence-corrected chi connectivity index (χ1v) is 11.7. The third-order valence-electron chi connectivity index (χ3n) is 7.37. The number of carbonyl (C=O) groups excluding carboxylic acids is 1. The predicted molar refractivity (Wildman–Crippen MR) is 116 cm³/mol. The molecule has 4 heterocycles. The van der Waals surface area contributed by atoms with Gasteiger partial charge in [0, 0.05) is 38.5 Å². The molecule has 3 saturated heterocycles. The molecule has 0 radical (unpaired) electrons. The summed E-state index contributed by atoms with van der Waals surface area (Å²) in [6, 6.07) is 3.81. The molecule has 1 amide bonds. The number of amides is 1. The third-order valence-corrected chi connectivity index (χ3v) is 7.37. The third kappa shape index (κ3) is 5.73. The minimum atomic E-state index is -0.0239. The van der Waals surface area contributed by atoms with Gasteiger partial charge in [-0.2, -0.15) is 0 Å². The summed E-state index contributed by atoms with van der Waals surface area (Å²) >= 11 is 0. The molecule has 0 saturated carbocycles. The lowest BCUT2D eigenvalue weighted by atomic mass is 9.78. The topological polar surface area (TPSA) is 54.9 Å². The van der Waals surface area contributed by atoms with Gasteiger partial charge in [0.1, 0.15) is 5.75 Å². The van der Waals surface area contributed by atoms with Gasteiger partial charge in [0.15, 0.2) is 0 Å². The first-order chi connectivity index (χ1) is 14.6. The van der Waals surface area contributed by atoms with Crippen molar-refractivity contribution in [1.82, 2.24) is 14.8 Å². The summed E-state index contributed by atoms with van der Waals surface area (Å²) < 4.78 is 12.2. The first kappa shape index (κ1) is 21.6. The van der Waals surface area contributed by atoms with E-state index in [1.807, 2.05) is 12.1 Å². The van der Waals surface area contributed by atoms with Crippen LogP contribution in [-0.4, -0.2) is 72.7 Å². The van der Waals surface area contributed by atoms with E-state index in [2.05, 4.69) is 21.8 Å². The van der Waals surface area contributed by atoms with Crippen LogP contribution in [0.1, 0.15) is 51.4 Å². The van der Waals surface area contributed by atoms with Crippen molar-refractivity contribution in [1.29, 1.82) is 0 Å². The van der Waals surface area contributed by atoms with E-state index in [4.69, 9.17) is 9.47 Å². The number of piperidine rings is 2. The largest absolute Gasteiger partial charge is 0.493 e. The van der Waals surface area contributed by atoms with Crippen molar-refractivity contribution in [2.45, 2.75) is 57.0 Å². The summed E-state index contributed by atoms with van der Waals surface area (Å²) in [7, 11) is 2.17. The quantitative estimate of drug-likeness (QED) is 0.713. The standard InChI is InChI=1S/C24H37N3O3/c1-26-12-4-20(5-13-26)18-23(28)27-14-8-24(9-15-27)19-21(7-17-30-24)6-16-29-22-2-10-25-11-3-22/h2-3,10-11,20-21H,4-9,12-19H2,1H3. The maximum Gasteiger partial charge on any atom is 0.222 e. The second-order valence-electron chi connectivity index (χ2n) is 9.54. The van der Waals surface area contributed by atoms with Crippen molar-refractivity contribution >= 4 is 5.91 Å². The van der Waals surface area contributed by atoms with Gasteiger partial charge in [-0.1, -0.05) is 0 Å². The molecule has 6 nitrogen and oxygen atoms in total. The monoisotopic (exact) mass is 415 g/mol. The normalized spacial score (nSPS) is 25.4. The molecule has 3 aliphatic rings. The fourth-order valence-corrected chi connectivity index (χ4v) is 5.31. The molecular formula is C24H37N3O3. The smallest absolute Gasteiger partial charge is 0.222 e. The Morgan fingerprint density at radius 1 is 1.13 bits per heavy atom. The molecule has 1 unspecified atom stereocenters. The SMILES string of the molecule is CN1CCC(CC(=O)N2CCC3(CC2)CC(CCOc2ccncc2)CCO3)CC1. The molecule has 1 aromatic heterocycles. The summed E-state index contributed by atoms with van der Waals surface area (Å²) in [5.74, 6) is 2.46. The number of pyridine rings is 1. The van der Waals surface area contributed by atoms with E-state index in [1.165, 1.54) is 0 Å². The summed E-state index contributed by atoms with van der Waals surface area (Å²) in [6.07, 6.45) is 11.8. The Bertz CT molecular complexity index is 668. The molecule has 3 fully saturated rings. The van der Waals surface area contributed by atoms with Gasteiger partial charge in [0.2, 0.25) is 5.91 Å². The maximum absolute atomic E-state index is 12.8. The molecule has 166 valence electrons. The second-order valence-corrected chi connectivity index (χ2v) is 9.54. The van der Waals surface area contributed by atoms with Crippen molar-refractivity contribution in [2.24, 2.45) is 11.8 Å². The molecule has 1 aromatic rings. The summed E-state index contributed by atoms with van der Waals surface area (Å²) in [4.78, 5) is 21.3. The van der Waals surface area contributed by atoms with Gasteiger partial charge in [-0.05, 0) is 89.1 Å². The number of hydrogen-bond donors (Lipinski definition) is 0. The van der Waals surface area contributed by atoms with Crippen LogP contribution in [0.25, 0.3) is 0 Å². The number of hydrogen-bond acceptors (Lipinski definition) is 5. The molecule has 3 aliphatic heterocycles. The lowest BCUT2D eigenvalue weighted by Gasteiger charge is -2.46. The average Bonchev–Trinajstić information content (AvgIpc) is 2.77. The highest BCUT2D eigenvalue weighted by Gasteiger charge is 2.41. The van der Waals surface area contributed by atoms with Crippen LogP contribution < -0.4 is 4.74 Å². The summed E-state index contributed by atoms with van der Waals surface area (Å²) in [5.41, 5.74) is -0.0239. The number of aromatic nitrogens is 1. The zero-order valence-corrected chi connectivity index (χ0v) is 18.4. The van der Waals surface area contributed by atoms with Crippen LogP contribution in [0.3, 0.4) is 0 Å². The lowest BCUT2D eigenvalue weighted by Crippen LogP contribution is -2.51. The predicted octanol–water partition coefficient (Wildman–Crippen LogP) is 3.37. The van der Waals surface area contributed by atoms with Crippen molar-refractivity contribution in [3.63, 3.8) is 0 Å². The zero-order chi connectivity index (χ0) is 20.8. The first-order valence-electron chi connectivity index (χ1n) is 11.7. The molecule has 1 atom stereocenters. The van der Waals surface area contributed by atoms with E-state index >= 15 is 0 Å². The van der Waals surface area contributed by atoms with Gasteiger partial charge in [-0.15, -0.1) is 0 Å². The highest BCUT2D eigenvalue weighted by atomic mass is 16.5. The fourth-order valence-electron chi connectivity index (χ4n) is 5.31. The average molecular weight is 416 g/mol. The Hall–Kier alpha value is -1.66. The highest BCUT2D eigenvalue weighted by Crippen LogP contribution is 2.39. The number of ether oxygens (including phenoxy) is 2. The Morgan fingerprint density at radius 3 is 2.60 bits per heavy atom. The van der Waals surface area contributed by atoms with Crippen molar-refractivity contribution in [3.05, 3.63) is 24.5 Å². The zero-order valence-electron chi connectivity index (χ0n) is 18.4. The van der Waals surface area contributed by atoms with Gasteiger partial charge in [-0.3, -0.25) is 9.78 Å². The van der Waals surface area contributed by atoms with Crippen LogP contribution in [0.4, 0.5) is 0 Å². The van der Waals surface area contributed by atoms with Crippen LogP contribution in [-0.2, 0) is 9.53 Å². The Labute approximate surface area is 180 Å². The van der Waals surface area contributed by atoms with Gasteiger partial charge >= 0.3 is 0 Å². The fraction of sp³-hybridized carbons (Fsp3) is 0.750. The molecule has 0 aromatic carbocycles. The van der Waals surface area contributed by atoms with Crippen LogP contribution in [0.2, 0.25) is 0 Å². The number of likely N-dealkylation sites (tertiary alicyclic amines) is 2. The van der Waals surface area contributed by atoms with Crippen molar-refractivity contribution in [2.75, 3.05) is 46.4 Å². The number of rotatable bonds is 6. The van der Waals surface area contributed by atoms with E-state index in [0.29, 0.717) is 17.7 Å². The molecule has 0 N–H and O–H groups in total. The molecule has 4 rings (SSSR count). The van der Waals surface area contributed by atoms with Crippen LogP contribution in [0.5, 0.6) is 5.75 Å². The van der Waals surface area contributed by atoms with E-state index in [1.54, 1.807) is 12.4 Å². The Kier molecular flexibility index (Phi) is 7.26. The minimum absolute atomic E-state index is 0.0239. The van der Waals surface area contributed by atoms with Crippen LogP contribution >= 0.6 is 0 Å².